The maximum atomic E-state index is 6.25. The minimum atomic E-state index is -0.122. The molecule has 1 fully saturated rings. The van der Waals surface area contributed by atoms with E-state index in [0.29, 0.717) is 10.0 Å². The van der Waals surface area contributed by atoms with Gasteiger partial charge >= 0.3 is 0 Å². The molecule has 2 rings (SSSR count). The van der Waals surface area contributed by atoms with Gasteiger partial charge in [0.1, 0.15) is 6.23 Å². The Bertz CT molecular complexity index is 430. The molecular formula is C15H21Cl2NO. The molecule has 1 heterocycles. The van der Waals surface area contributed by atoms with Crippen molar-refractivity contribution in [1.29, 1.82) is 0 Å². The summed E-state index contributed by atoms with van der Waals surface area (Å²) >= 11 is 12.2. The van der Waals surface area contributed by atoms with Gasteiger partial charge in [0.2, 0.25) is 0 Å². The SMILES string of the molecule is CCCC1(CCC)COC(c2ccc(Cl)cc2Cl)N1. The lowest BCUT2D eigenvalue weighted by molar-refractivity contribution is 0.0968. The second kappa shape index (κ2) is 6.45. The second-order valence-corrected chi connectivity index (χ2v) is 6.13. The molecule has 0 aromatic heterocycles. The lowest BCUT2D eigenvalue weighted by Gasteiger charge is -2.28. The Morgan fingerprint density at radius 3 is 2.53 bits per heavy atom. The van der Waals surface area contributed by atoms with Crippen LogP contribution in [0, 0.1) is 0 Å². The first kappa shape index (κ1) is 15.1. The predicted octanol–water partition coefficient (Wildman–Crippen LogP) is 4.95. The van der Waals surface area contributed by atoms with Crippen LogP contribution in [0.25, 0.3) is 0 Å². The molecule has 1 unspecified atom stereocenters. The van der Waals surface area contributed by atoms with Crippen LogP contribution in [0.4, 0.5) is 0 Å². The summed E-state index contributed by atoms with van der Waals surface area (Å²) in [6.07, 6.45) is 4.43. The van der Waals surface area contributed by atoms with E-state index in [-0.39, 0.29) is 11.8 Å². The van der Waals surface area contributed by atoms with E-state index in [2.05, 4.69) is 19.2 Å². The summed E-state index contributed by atoms with van der Waals surface area (Å²) < 4.78 is 5.94. The van der Waals surface area contributed by atoms with Crippen LogP contribution in [-0.2, 0) is 4.74 Å². The van der Waals surface area contributed by atoms with E-state index in [1.165, 1.54) is 0 Å². The van der Waals surface area contributed by atoms with Gasteiger partial charge in [-0.25, -0.2) is 0 Å². The molecule has 19 heavy (non-hydrogen) atoms. The zero-order valence-corrected chi connectivity index (χ0v) is 13.0. The van der Waals surface area contributed by atoms with Gasteiger partial charge in [0.15, 0.2) is 0 Å². The van der Waals surface area contributed by atoms with E-state index in [9.17, 15) is 0 Å². The Morgan fingerprint density at radius 1 is 1.26 bits per heavy atom. The second-order valence-electron chi connectivity index (χ2n) is 5.28. The predicted molar refractivity (Wildman–Crippen MR) is 80.8 cm³/mol. The Morgan fingerprint density at radius 2 is 1.95 bits per heavy atom. The Labute approximate surface area is 125 Å². The van der Waals surface area contributed by atoms with Crippen molar-refractivity contribution in [1.82, 2.24) is 5.32 Å². The number of hydrogen-bond acceptors (Lipinski definition) is 2. The molecule has 0 saturated carbocycles. The molecule has 1 atom stereocenters. The number of ether oxygens (including phenoxy) is 1. The number of benzene rings is 1. The lowest BCUT2D eigenvalue weighted by Crippen LogP contribution is -2.42. The van der Waals surface area contributed by atoms with E-state index in [4.69, 9.17) is 27.9 Å². The molecular weight excluding hydrogens is 281 g/mol. The average molecular weight is 302 g/mol. The summed E-state index contributed by atoms with van der Waals surface area (Å²) in [5, 5.41) is 4.95. The van der Waals surface area contributed by atoms with Crippen molar-refractivity contribution >= 4 is 23.2 Å². The number of hydrogen-bond donors (Lipinski definition) is 1. The van der Waals surface area contributed by atoms with Crippen LogP contribution in [0.3, 0.4) is 0 Å². The fourth-order valence-electron chi connectivity index (χ4n) is 2.86. The highest BCUT2D eigenvalue weighted by atomic mass is 35.5. The van der Waals surface area contributed by atoms with Crippen LogP contribution in [0.15, 0.2) is 18.2 Å². The third kappa shape index (κ3) is 3.43. The zero-order chi connectivity index (χ0) is 13.9. The molecule has 2 nitrogen and oxygen atoms in total. The summed E-state index contributed by atoms with van der Waals surface area (Å²) in [6, 6.07) is 5.56. The average Bonchev–Trinajstić information content (AvgIpc) is 2.74. The highest BCUT2D eigenvalue weighted by Gasteiger charge is 2.38. The van der Waals surface area contributed by atoms with Crippen molar-refractivity contribution in [3.05, 3.63) is 33.8 Å². The van der Waals surface area contributed by atoms with Crippen LogP contribution in [0.5, 0.6) is 0 Å². The monoisotopic (exact) mass is 301 g/mol. The molecule has 1 aliphatic rings. The first-order valence-electron chi connectivity index (χ1n) is 6.94. The molecule has 1 saturated heterocycles. The Hall–Kier alpha value is -0.280. The minimum Gasteiger partial charge on any atom is -0.357 e. The molecule has 0 radical (unpaired) electrons. The number of rotatable bonds is 5. The molecule has 1 aromatic rings. The van der Waals surface area contributed by atoms with Crippen LogP contribution < -0.4 is 5.32 Å². The Balaban J connectivity index is 2.16. The van der Waals surface area contributed by atoms with Gasteiger partial charge in [0, 0.05) is 21.1 Å². The summed E-state index contributed by atoms with van der Waals surface area (Å²) in [5.41, 5.74) is 1.07. The van der Waals surface area contributed by atoms with Crippen molar-refractivity contribution in [2.75, 3.05) is 6.61 Å². The summed E-state index contributed by atoms with van der Waals surface area (Å²) in [6.45, 7) is 5.17. The van der Waals surface area contributed by atoms with Gasteiger partial charge in [-0.3, -0.25) is 5.32 Å². The number of halogens is 2. The van der Waals surface area contributed by atoms with E-state index in [0.717, 1.165) is 37.9 Å². The van der Waals surface area contributed by atoms with Crippen molar-refractivity contribution in [2.45, 2.75) is 51.3 Å². The summed E-state index contributed by atoms with van der Waals surface area (Å²) in [4.78, 5) is 0. The topological polar surface area (TPSA) is 21.3 Å². The molecule has 0 amide bonds. The highest BCUT2D eigenvalue weighted by Crippen LogP contribution is 2.36. The van der Waals surface area contributed by atoms with Gasteiger partial charge < -0.3 is 4.74 Å². The van der Waals surface area contributed by atoms with Gasteiger partial charge in [-0.15, -0.1) is 0 Å². The van der Waals surface area contributed by atoms with E-state index >= 15 is 0 Å². The first-order valence-corrected chi connectivity index (χ1v) is 7.70. The van der Waals surface area contributed by atoms with E-state index < -0.39 is 0 Å². The molecule has 1 aliphatic heterocycles. The molecule has 4 heteroatoms. The maximum Gasteiger partial charge on any atom is 0.136 e. The van der Waals surface area contributed by atoms with Gasteiger partial charge in [0.05, 0.1) is 6.61 Å². The van der Waals surface area contributed by atoms with Crippen molar-refractivity contribution in [3.63, 3.8) is 0 Å². The van der Waals surface area contributed by atoms with Gasteiger partial charge in [0.25, 0.3) is 0 Å². The van der Waals surface area contributed by atoms with E-state index in [1.807, 2.05) is 12.1 Å². The Kier molecular flexibility index (Phi) is 5.13. The zero-order valence-electron chi connectivity index (χ0n) is 11.5. The molecule has 0 aliphatic carbocycles. The van der Waals surface area contributed by atoms with Crippen molar-refractivity contribution < 1.29 is 4.74 Å². The van der Waals surface area contributed by atoms with Crippen molar-refractivity contribution in [3.8, 4) is 0 Å². The molecule has 106 valence electrons. The normalized spacial score (nSPS) is 21.8. The van der Waals surface area contributed by atoms with Crippen LogP contribution in [0.2, 0.25) is 10.0 Å². The fourth-order valence-corrected chi connectivity index (χ4v) is 3.36. The third-order valence-electron chi connectivity index (χ3n) is 3.67. The summed E-state index contributed by atoms with van der Waals surface area (Å²) in [5.74, 6) is 0. The smallest absolute Gasteiger partial charge is 0.136 e. The lowest BCUT2D eigenvalue weighted by atomic mass is 9.90. The highest BCUT2D eigenvalue weighted by molar-refractivity contribution is 6.35. The van der Waals surface area contributed by atoms with Gasteiger partial charge in [-0.05, 0) is 25.0 Å². The fraction of sp³-hybridized carbons (Fsp3) is 0.600. The largest absolute Gasteiger partial charge is 0.357 e. The molecule has 1 aromatic carbocycles. The first-order chi connectivity index (χ1) is 9.10. The van der Waals surface area contributed by atoms with E-state index in [1.54, 1.807) is 6.07 Å². The van der Waals surface area contributed by atoms with Crippen LogP contribution >= 0.6 is 23.2 Å². The van der Waals surface area contributed by atoms with Crippen molar-refractivity contribution in [2.24, 2.45) is 0 Å². The van der Waals surface area contributed by atoms with Gasteiger partial charge in [-0.1, -0.05) is 56.0 Å². The molecule has 0 bridgehead atoms. The third-order valence-corrected chi connectivity index (χ3v) is 4.23. The van der Waals surface area contributed by atoms with Crippen LogP contribution in [-0.4, -0.2) is 12.1 Å². The van der Waals surface area contributed by atoms with Crippen LogP contribution in [0.1, 0.15) is 51.3 Å². The maximum absolute atomic E-state index is 6.25. The van der Waals surface area contributed by atoms with Gasteiger partial charge in [-0.2, -0.15) is 0 Å². The minimum absolute atomic E-state index is 0.0944. The quantitative estimate of drug-likeness (QED) is 0.831. The molecule has 1 N–H and O–H groups in total. The molecule has 0 spiro atoms. The number of nitrogens with one attached hydrogen (secondary N) is 1. The summed E-state index contributed by atoms with van der Waals surface area (Å²) in [7, 11) is 0. The standard InChI is InChI=1S/C15H21Cl2NO/c1-3-7-15(8-4-2)10-19-14(18-15)12-6-5-11(16)9-13(12)17/h5-6,9,14,18H,3-4,7-8,10H2,1-2H3.